The van der Waals surface area contributed by atoms with E-state index >= 15 is 0 Å². The maximum absolute atomic E-state index is 10.6. The van der Waals surface area contributed by atoms with Gasteiger partial charge < -0.3 is 9.84 Å². The van der Waals surface area contributed by atoms with Crippen molar-refractivity contribution in [3.8, 4) is 0 Å². The van der Waals surface area contributed by atoms with E-state index < -0.39 is 18.2 Å². The molecule has 0 saturated carbocycles. The van der Waals surface area contributed by atoms with Crippen molar-refractivity contribution >= 4 is 5.97 Å². The highest BCUT2D eigenvalue weighted by molar-refractivity contribution is 5.69. The Morgan fingerprint density at radius 1 is 1.50 bits per heavy atom. The van der Waals surface area contributed by atoms with Crippen molar-refractivity contribution in [3.05, 3.63) is 0 Å². The molecule has 0 aromatic heterocycles. The average Bonchev–Trinajstić information content (AvgIpc) is 1.59. The van der Waals surface area contributed by atoms with Crippen LogP contribution in [0.15, 0.2) is 0 Å². The summed E-state index contributed by atoms with van der Waals surface area (Å²) in [6, 6.07) is 0. The van der Waals surface area contributed by atoms with Gasteiger partial charge in [-0.2, -0.15) is 0 Å². The second-order valence-corrected chi connectivity index (χ2v) is 3.04. The van der Waals surface area contributed by atoms with E-state index in [1.54, 1.807) is 20.8 Å². The maximum atomic E-state index is 10.6. The van der Waals surface area contributed by atoms with Crippen LogP contribution in [0.1, 0.15) is 27.2 Å². The van der Waals surface area contributed by atoms with Crippen molar-refractivity contribution in [1.29, 1.82) is 0 Å². The molecule has 0 N–H and O–H groups in total. The molecule has 0 saturated heterocycles. The molecule has 0 rings (SSSR count). The average molecular weight is 145 g/mol. The molecular weight excluding hydrogens is 132 g/mol. The summed E-state index contributed by atoms with van der Waals surface area (Å²) in [7, 11) is 0. The molecule has 0 spiro atoms. The Hall–Kier alpha value is -0.570. The Labute approximate surface area is 61.0 Å². The summed E-state index contributed by atoms with van der Waals surface area (Å²) >= 11 is 0. The van der Waals surface area contributed by atoms with Crippen molar-refractivity contribution < 1.29 is 14.6 Å². The molecule has 0 unspecified atom stereocenters. The number of hydrogen-bond acceptors (Lipinski definition) is 3. The minimum atomic E-state index is -0.466. The van der Waals surface area contributed by atoms with E-state index in [0.29, 0.717) is 0 Å². The summed E-state index contributed by atoms with van der Waals surface area (Å²) in [5.74, 6) is -0.414. The molecule has 10 heavy (non-hydrogen) atoms. The standard InChI is InChI=1S/C7H13O3/c1-7(2,3)10-6(9)4-5-8/h4-5H2,1-3H3/q-1. The molecule has 0 aliphatic carbocycles. The van der Waals surface area contributed by atoms with Gasteiger partial charge in [0.2, 0.25) is 0 Å². The molecular formula is C7H13O3-. The van der Waals surface area contributed by atoms with Crippen LogP contribution in [0.5, 0.6) is 0 Å². The predicted molar refractivity (Wildman–Crippen MR) is 35.3 cm³/mol. The summed E-state index contributed by atoms with van der Waals surface area (Å²) in [5, 5.41) is 9.93. The van der Waals surface area contributed by atoms with E-state index in [1.165, 1.54) is 0 Å². The third-order valence-corrected chi connectivity index (χ3v) is 0.726. The van der Waals surface area contributed by atoms with Crippen LogP contribution in [0.4, 0.5) is 0 Å². The summed E-state index contributed by atoms with van der Waals surface area (Å²) in [6.45, 7) is 4.93. The number of esters is 1. The number of carbonyl (C=O) groups is 1. The first-order valence-corrected chi connectivity index (χ1v) is 3.25. The quantitative estimate of drug-likeness (QED) is 0.517. The number of carbonyl (C=O) groups excluding carboxylic acids is 1. The van der Waals surface area contributed by atoms with Gasteiger partial charge in [-0.05, 0) is 20.8 Å². The fourth-order valence-electron chi connectivity index (χ4n) is 0.476. The van der Waals surface area contributed by atoms with Gasteiger partial charge in [0, 0.05) is 6.42 Å². The second-order valence-electron chi connectivity index (χ2n) is 3.04. The van der Waals surface area contributed by atoms with Gasteiger partial charge >= 0.3 is 5.97 Å². The first-order valence-electron chi connectivity index (χ1n) is 3.25. The molecule has 0 aromatic rings. The van der Waals surface area contributed by atoms with Crippen LogP contribution in [0.3, 0.4) is 0 Å². The van der Waals surface area contributed by atoms with Gasteiger partial charge in [-0.25, -0.2) is 0 Å². The lowest BCUT2D eigenvalue weighted by atomic mass is 10.2. The molecule has 0 amide bonds. The summed E-state index contributed by atoms with van der Waals surface area (Å²) < 4.78 is 4.84. The zero-order valence-electron chi connectivity index (χ0n) is 6.64. The minimum absolute atomic E-state index is 0.0305. The van der Waals surface area contributed by atoms with E-state index in [0.717, 1.165) is 0 Å². The van der Waals surface area contributed by atoms with Gasteiger partial charge in [-0.15, -0.1) is 6.61 Å². The van der Waals surface area contributed by atoms with E-state index in [9.17, 15) is 9.90 Å². The molecule has 0 atom stereocenters. The monoisotopic (exact) mass is 145 g/mol. The first kappa shape index (κ1) is 9.43. The van der Waals surface area contributed by atoms with Crippen LogP contribution in [0, 0.1) is 0 Å². The molecule has 0 radical (unpaired) electrons. The summed E-state index contributed by atoms with van der Waals surface area (Å²) in [4.78, 5) is 10.6. The third kappa shape index (κ3) is 5.56. The lowest BCUT2D eigenvalue weighted by Crippen LogP contribution is -2.25. The molecule has 3 nitrogen and oxygen atoms in total. The molecule has 3 heteroatoms. The Balaban J connectivity index is 3.58. The Morgan fingerprint density at radius 2 is 2.00 bits per heavy atom. The largest absolute Gasteiger partial charge is 0.854 e. The van der Waals surface area contributed by atoms with Gasteiger partial charge in [0.15, 0.2) is 0 Å². The Morgan fingerprint density at radius 3 is 2.30 bits per heavy atom. The third-order valence-electron chi connectivity index (χ3n) is 0.726. The van der Waals surface area contributed by atoms with Crippen LogP contribution >= 0.6 is 0 Å². The zero-order chi connectivity index (χ0) is 8.20. The SMILES string of the molecule is CC(C)(C)OC(=O)CC[O-]. The second kappa shape index (κ2) is 3.56. The lowest BCUT2D eigenvalue weighted by Gasteiger charge is -2.19. The molecule has 0 bridgehead atoms. The Bertz CT molecular complexity index is 113. The smallest absolute Gasteiger partial charge is 0.304 e. The minimum Gasteiger partial charge on any atom is -0.854 e. The van der Waals surface area contributed by atoms with Crippen LogP contribution in [-0.4, -0.2) is 18.2 Å². The molecule has 0 aliphatic rings. The van der Waals surface area contributed by atoms with Crippen LogP contribution in [-0.2, 0) is 9.53 Å². The zero-order valence-corrected chi connectivity index (χ0v) is 6.64. The molecule has 0 aliphatic heterocycles. The van der Waals surface area contributed by atoms with Crippen molar-refractivity contribution in [1.82, 2.24) is 0 Å². The molecule has 0 heterocycles. The van der Waals surface area contributed by atoms with E-state index in [2.05, 4.69) is 0 Å². The number of rotatable bonds is 2. The van der Waals surface area contributed by atoms with E-state index in [4.69, 9.17) is 4.74 Å². The first-order chi connectivity index (χ1) is 4.45. The van der Waals surface area contributed by atoms with Crippen LogP contribution in [0.2, 0.25) is 0 Å². The van der Waals surface area contributed by atoms with Crippen molar-refractivity contribution in [2.75, 3.05) is 6.61 Å². The molecule has 0 fully saturated rings. The van der Waals surface area contributed by atoms with Crippen LogP contribution < -0.4 is 5.11 Å². The highest BCUT2D eigenvalue weighted by atomic mass is 16.6. The van der Waals surface area contributed by atoms with Crippen molar-refractivity contribution in [2.45, 2.75) is 32.8 Å². The van der Waals surface area contributed by atoms with Gasteiger partial charge in [0.1, 0.15) is 5.60 Å². The topological polar surface area (TPSA) is 49.4 Å². The van der Waals surface area contributed by atoms with Crippen molar-refractivity contribution in [3.63, 3.8) is 0 Å². The highest BCUT2D eigenvalue weighted by Crippen LogP contribution is 2.07. The lowest BCUT2D eigenvalue weighted by molar-refractivity contribution is -0.367. The van der Waals surface area contributed by atoms with Gasteiger partial charge in [0.05, 0.1) is 0 Å². The normalized spacial score (nSPS) is 11.2. The van der Waals surface area contributed by atoms with E-state index in [-0.39, 0.29) is 6.42 Å². The van der Waals surface area contributed by atoms with Crippen molar-refractivity contribution in [2.24, 2.45) is 0 Å². The molecule has 0 aromatic carbocycles. The van der Waals surface area contributed by atoms with E-state index in [1.807, 2.05) is 0 Å². The maximum Gasteiger partial charge on any atom is 0.304 e. The molecule has 60 valence electrons. The summed E-state index contributed by atoms with van der Waals surface area (Å²) in [6.07, 6.45) is -0.0305. The fourth-order valence-corrected chi connectivity index (χ4v) is 0.476. The fraction of sp³-hybridized carbons (Fsp3) is 0.857. The Kier molecular flexibility index (Phi) is 3.36. The summed E-state index contributed by atoms with van der Waals surface area (Å²) in [5.41, 5.74) is -0.466. The predicted octanol–water partition coefficient (Wildman–Crippen LogP) is 0.0785. The number of hydrogen-bond donors (Lipinski definition) is 0. The van der Waals surface area contributed by atoms with Gasteiger partial charge in [0.25, 0.3) is 0 Å². The van der Waals surface area contributed by atoms with Gasteiger partial charge in [-0.3, -0.25) is 4.79 Å². The highest BCUT2D eigenvalue weighted by Gasteiger charge is 2.14. The number of ether oxygens (including phenoxy) is 1. The van der Waals surface area contributed by atoms with Gasteiger partial charge in [-0.1, -0.05) is 0 Å². The van der Waals surface area contributed by atoms with Crippen LogP contribution in [0.25, 0.3) is 0 Å².